The minimum atomic E-state index is -0.827. The fourth-order valence-corrected chi connectivity index (χ4v) is 6.92. The first kappa shape index (κ1) is 35.7. The molecule has 1 aliphatic rings. The van der Waals surface area contributed by atoms with Crippen LogP contribution in [0.2, 0.25) is 0 Å². The molecule has 0 aliphatic carbocycles. The molecule has 0 bridgehead atoms. The van der Waals surface area contributed by atoms with Crippen LogP contribution in [-0.2, 0) is 23.1 Å². The molecule has 0 saturated carbocycles. The Hall–Kier alpha value is -4.63. The number of aldehydes is 1. The number of aliphatic hydroxyl groups excluding tert-OH is 1. The van der Waals surface area contributed by atoms with Crippen LogP contribution in [0.4, 0.5) is 5.69 Å². The van der Waals surface area contributed by atoms with E-state index < -0.39 is 6.10 Å². The quantitative estimate of drug-likeness (QED) is 0.0415. The number of likely N-dealkylation sites (tertiary alicyclic amines) is 1. The average molecular weight is 664 g/mol. The first-order chi connectivity index (χ1) is 23.8. The van der Waals surface area contributed by atoms with Crippen LogP contribution in [0, 0.1) is 0 Å². The molecule has 258 valence electrons. The molecule has 0 radical (unpaired) electrons. The zero-order valence-corrected chi connectivity index (χ0v) is 28.6. The van der Waals surface area contributed by atoms with Gasteiger partial charge in [0, 0.05) is 30.1 Å². The van der Waals surface area contributed by atoms with Gasteiger partial charge in [0.05, 0.1) is 18.4 Å². The van der Waals surface area contributed by atoms with E-state index >= 15 is 0 Å². The number of piperidine rings is 1. The van der Waals surface area contributed by atoms with Crippen LogP contribution < -0.4 is 15.4 Å². The fourth-order valence-electron chi connectivity index (χ4n) is 6.92. The molecule has 8 nitrogen and oxygen atoms in total. The number of carbonyl (C=O) groups excluding carboxylic acids is 1. The van der Waals surface area contributed by atoms with Gasteiger partial charge in [-0.05, 0) is 117 Å². The molecule has 0 spiro atoms. The summed E-state index contributed by atoms with van der Waals surface area (Å²) in [5.74, 6) is 1.25. The van der Waals surface area contributed by atoms with E-state index in [0.29, 0.717) is 48.5 Å². The molecule has 1 fully saturated rings. The van der Waals surface area contributed by atoms with Crippen molar-refractivity contribution in [2.45, 2.75) is 43.6 Å². The van der Waals surface area contributed by atoms with Crippen LogP contribution in [0.1, 0.15) is 58.7 Å². The van der Waals surface area contributed by atoms with E-state index in [1.54, 1.807) is 19.2 Å². The lowest BCUT2D eigenvalue weighted by molar-refractivity contribution is -0.104. The number of carbonyl (C=O) groups is 1. The lowest BCUT2D eigenvalue weighted by Gasteiger charge is -2.42. The van der Waals surface area contributed by atoms with Gasteiger partial charge in [0.1, 0.15) is 23.5 Å². The summed E-state index contributed by atoms with van der Waals surface area (Å²) in [4.78, 5) is 13.3. The van der Waals surface area contributed by atoms with Crippen molar-refractivity contribution in [1.82, 2.24) is 10.2 Å². The van der Waals surface area contributed by atoms with E-state index in [-0.39, 0.29) is 11.2 Å². The maximum Gasteiger partial charge on any atom is 0.142 e. The predicted molar refractivity (Wildman–Crippen MR) is 197 cm³/mol. The molecule has 1 atom stereocenters. The molecule has 4 aromatic carbocycles. The first-order valence-corrected chi connectivity index (χ1v) is 17.2. The maximum absolute atomic E-state index is 11.1. The monoisotopic (exact) mass is 663 g/mol. The number of hydrogen-bond donors (Lipinski definition) is 5. The summed E-state index contributed by atoms with van der Waals surface area (Å²) in [5.41, 5.74) is 6.08. The largest absolute Gasteiger partial charge is 0.508 e. The van der Waals surface area contributed by atoms with Gasteiger partial charge in [-0.15, -0.1) is 0 Å². The number of aryl methyl sites for hydroxylation is 1. The number of benzene rings is 4. The molecule has 1 heterocycles. The second-order valence-electron chi connectivity index (χ2n) is 12.9. The fraction of sp³-hybridized carbons (Fsp3) is 0.341. The normalized spacial score (nSPS) is 15.2. The molecule has 1 saturated heterocycles. The van der Waals surface area contributed by atoms with E-state index in [0.717, 1.165) is 62.1 Å². The summed E-state index contributed by atoms with van der Waals surface area (Å²) in [6.07, 6.45) is 7.17. The summed E-state index contributed by atoms with van der Waals surface area (Å²) in [7, 11) is 3.85. The van der Waals surface area contributed by atoms with Crippen molar-refractivity contribution in [3.63, 3.8) is 0 Å². The summed E-state index contributed by atoms with van der Waals surface area (Å²) in [5, 5.41) is 38.4. The van der Waals surface area contributed by atoms with Gasteiger partial charge in [0.25, 0.3) is 0 Å². The molecule has 1 aliphatic heterocycles. The number of anilines is 1. The highest BCUT2D eigenvalue weighted by atomic mass is 16.5. The third-order valence-electron chi connectivity index (χ3n) is 9.66. The lowest BCUT2D eigenvalue weighted by atomic mass is 9.67. The average Bonchev–Trinajstić information content (AvgIpc) is 3.12. The van der Waals surface area contributed by atoms with Gasteiger partial charge in [0.15, 0.2) is 0 Å². The number of allylic oxidation sites excluding steroid dienone is 1. The number of nitrogens with zero attached hydrogens (tertiary/aromatic N) is 1. The highest BCUT2D eigenvalue weighted by Gasteiger charge is 2.39. The molecule has 5 N–H and O–H groups in total. The molecule has 0 amide bonds. The zero-order chi connectivity index (χ0) is 34.6. The third-order valence-corrected chi connectivity index (χ3v) is 9.66. The van der Waals surface area contributed by atoms with Crippen LogP contribution in [0.3, 0.4) is 0 Å². The molecule has 4 aromatic rings. The van der Waals surface area contributed by atoms with Crippen molar-refractivity contribution in [3.8, 4) is 17.2 Å². The number of hydrogen-bond acceptors (Lipinski definition) is 8. The zero-order valence-electron chi connectivity index (χ0n) is 28.6. The number of aliphatic hydroxyl groups is 1. The Bertz CT molecular complexity index is 1700. The Morgan fingerprint density at radius 1 is 0.918 bits per heavy atom. The molecular weight excluding hydrogens is 614 g/mol. The summed E-state index contributed by atoms with van der Waals surface area (Å²) >= 11 is 0. The van der Waals surface area contributed by atoms with E-state index in [4.69, 9.17) is 4.74 Å². The van der Waals surface area contributed by atoms with Gasteiger partial charge in [0.2, 0.25) is 0 Å². The van der Waals surface area contributed by atoms with Crippen LogP contribution in [-0.4, -0.2) is 73.4 Å². The standard InChI is InChI=1S/C41H49N3O5/c1-42-40-35(14-7-25-45)34(16-18-38(40)47)39(48)29-43-22-19-31-9-6-13-33(27-31)49-26-8-10-30-15-17-37(46)36(28-30)41(20-23-44(2)24-21-41)32-11-4-3-5-12-32/h3-7,9,11-18,25,27-28,39,42-43,46-48H,8,10,19-24,26,29H2,1-2H3/b14-7-. The number of phenolic OH excluding ortho intramolecular Hbond substituents is 2. The molecular formula is C41H49N3O5. The van der Waals surface area contributed by atoms with Crippen molar-refractivity contribution >= 4 is 18.0 Å². The van der Waals surface area contributed by atoms with Crippen molar-refractivity contribution in [3.05, 3.63) is 124 Å². The Balaban J connectivity index is 1.12. The van der Waals surface area contributed by atoms with Gasteiger partial charge in [-0.25, -0.2) is 0 Å². The Labute approximate surface area is 290 Å². The Kier molecular flexibility index (Phi) is 12.5. The van der Waals surface area contributed by atoms with Crippen LogP contribution >= 0.6 is 0 Å². The van der Waals surface area contributed by atoms with Gasteiger partial charge >= 0.3 is 0 Å². The molecule has 1 unspecified atom stereocenters. The second-order valence-corrected chi connectivity index (χ2v) is 12.9. The van der Waals surface area contributed by atoms with E-state index in [9.17, 15) is 20.1 Å². The Morgan fingerprint density at radius 2 is 1.67 bits per heavy atom. The number of aromatic hydroxyl groups is 2. The number of rotatable bonds is 16. The summed E-state index contributed by atoms with van der Waals surface area (Å²) < 4.78 is 6.15. The highest BCUT2D eigenvalue weighted by Crippen LogP contribution is 2.45. The minimum Gasteiger partial charge on any atom is -0.508 e. The van der Waals surface area contributed by atoms with Gasteiger partial charge in [-0.1, -0.05) is 60.7 Å². The topological polar surface area (TPSA) is 114 Å². The number of nitrogens with one attached hydrogen (secondary N) is 2. The predicted octanol–water partition coefficient (Wildman–Crippen LogP) is 6.24. The first-order valence-electron chi connectivity index (χ1n) is 17.2. The van der Waals surface area contributed by atoms with Crippen LogP contribution in [0.15, 0.2) is 91.0 Å². The lowest BCUT2D eigenvalue weighted by Crippen LogP contribution is -2.41. The number of phenols is 2. The van der Waals surface area contributed by atoms with E-state index in [2.05, 4.69) is 71.1 Å². The number of ether oxygens (including phenoxy) is 1. The molecule has 5 rings (SSSR count). The maximum atomic E-state index is 11.1. The minimum absolute atomic E-state index is 0.0494. The van der Waals surface area contributed by atoms with Crippen molar-refractivity contribution in [2.75, 3.05) is 52.2 Å². The molecule has 0 aromatic heterocycles. The van der Waals surface area contributed by atoms with Crippen LogP contribution in [0.5, 0.6) is 17.2 Å². The van der Waals surface area contributed by atoms with Crippen molar-refractivity contribution < 1.29 is 24.9 Å². The van der Waals surface area contributed by atoms with Gasteiger partial charge in [-0.3, -0.25) is 4.79 Å². The third kappa shape index (κ3) is 8.89. The smallest absolute Gasteiger partial charge is 0.142 e. The van der Waals surface area contributed by atoms with E-state index in [1.807, 2.05) is 24.3 Å². The van der Waals surface area contributed by atoms with Crippen molar-refractivity contribution in [2.24, 2.45) is 0 Å². The molecule has 8 heteroatoms. The van der Waals surface area contributed by atoms with Gasteiger partial charge < -0.3 is 35.6 Å². The second kappa shape index (κ2) is 17.2. The van der Waals surface area contributed by atoms with Gasteiger partial charge in [-0.2, -0.15) is 0 Å². The van der Waals surface area contributed by atoms with Crippen LogP contribution in [0.25, 0.3) is 6.08 Å². The summed E-state index contributed by atoms with van der Waals surface area (Å²) in [6, 6.07) is 28.0. The SMILES string of the molecule is CNc1c(O)ccc(C(O)CNCCc2cccc(OCCCc3ccc(O)c(C4(c5ccccc5)CCN(C)CC4)c3)c2)c1/C=C\C=O. The summed E-state index contributed by atoms with van der Waals surface area (Å²) in [6.45, 7) is 3.53. The van der Waals surface area contributed by atoms with Crippen molar-refractivity contribution in [1.29, 1.82) is 0 Å². The van der Waals surface area contributed by atoms with E-state index in [1.165, 1.54) is 23.3 Å². The Morgan fingerprint density at radius 3 is 2.43 bits per heavy atom. The highest BCUT2D eigenvalue weighted by molar-refractivity contribution is 5.81. The molecule has 49 heavy (non-hydrogen) atoms.